The molecule has 0 bridgehead atoms. The quantitative estimate of drug-likeness (QED) is 0.904. The van der Waals surface area contributed by atoms with Crippen LogP contribution < -0.4 is 5.32 Å². The highest BCUT2D eigenvalue weighted by Gasteiger charge is 2.07. The first kappa shape index (κ1) is 13.5. The lowest BCUT2D eigenvalue weighted by Crippen LogP contribution is -2.19. The molecule has 1 aromatic carbocycles. The number of nitrogens with zero attached hydrogens (tertiary/aromatic N) is 1. The third-order valence-corrected chi connectivity index (χ3v) is 3.60. The summed E-state index contributed by atoms with van der Waals surface area (Å²) in [6, 6.07) is 12.0. The van der Waals surface area contributed by atoms with Crippen LogP contribution in [0.25, 0.3) is 0 Å². The van der Waals surface area contributed by atoms with Crippen molar-refractivity contribution < 1.29 is 0 Å². The number of nitrogens with one attached hydrogen (secondary N) is 1. The van der Waals surface area contributed by atoms with Crippen molar-refractivity contribution in [3.05, 3.63) is 63.3 Å². The van der Waals surface area contributed by atoms with E-state index in [0.717, 1.165) is 27.3 Å². The number of hydrogen-bond acceptors (Lipinski definition) is 2. The summed E-state index contributed by atoms with van der Waals surface area (Å²) < 4.78 is 1.04. The molecule has 0 amide bonds. The van der Waals surface area contributed by atoms with E-state index in [1.165, 1.54) is 0 Å². The maximum absolute atomic E-state index is 6.15. The van der Waals surface area contributed by atoms with Crippen molar-refractivity contribution in [2.45, 2.75) is 19.5 Å². The molecule has 0 unspecified atom stereocenters. The zero-order valence-electron chi connectivity index (χ0n) is 10.0. The molecule has 0 spiro atoms. The van der Waals surface area contributed by atoms with E-state index in [1.54, 1.807) is 6.20 Å². The first-order valence-corrected chi connectivity index (χ1v) is 6.92. The number of rotatable bonds is 4. The number of pyridine rings is 1. The van der Waals surface area contributed by atoms with Gasteiger partial charge < -0.3 is 5.32 Å². The topological polar surface area (TPSA) is 24.9 Å². The molecule has 2 nitrogen and oxygen atoms in total. The van der Waals surface area contributed by atoms with Gasteiger partial charge in [0, 0.05) is 28.3 Å². The van der Waals surface area contributed by atoms with Gasteiger partial charge in [-0.1, -0.05) is 33.6 Å². The van der Waals surface area contributed by atoms with Crippen LogP contribution in [0, 0.1) is 0 Å². The van der Waals surface area contributed by atoms with Gasteiger partial charge in [0.25, 0.3) is 0 Å². The number of benzene rings is 1. The summed E-state index contributed by atoms with van der Waals surface area (Å²) in [7, 11) is 0. The van der Waals surface area contributed by atoms with E-state index >= 15 is 0 Å². The van der Waals surface area contributed by atoms with Gasteiger partial charge in [-0.2, -0.15) is 0 Å². The predicted molar refractivity (Wildman–Crippen MR) is 78.6 cm³/mol. The fraction of sp³-hybridized carbons (Fsp3) is 0.214. The van der Waals surface area contributed by atoms with E-state index in [2.05, 4.69) is 33.2 Å². The molecular formula is C14H14BrClN2. The van der Waals surface area contributed by atoms with Gasteiger partial charge in [0.15, 0.2) is 0 Å². The van der Waals surface area contributed by atoms with Crippen molar-refractivity contribution in [1.29, 1.82) is 0 Å². The molecular weight excluding hydrogens is 312 g/mol. The van der Waals surface area contributed by atoms with Crippen molar-refractivity contribution in [2.75, 3.05) is 0 Å². The average molecular weight is 326 g/mol. The highest BCUT2D eigenvalue weighted by atomic mass is 79.9. The van der Waals surface area contributed by atoms with Gasteiger partial charge in [-0.05, 0) is 42.8 Å². The third-order valence-electron chi connectivity index (χ3n) is 2.74. The lowest BCUT2D eigenvalue weighted by atomic mass is 10.2. The number of hydrogen-bond donors (Lipinski definition) is 1. The Kier molecular flexibility index (Phi) is 4.75. The van der Waals surface area contributed by atoms with E-state index < -0.39 is 0 Å². The zero-order chi connectivity index (χ0) is 13.0. The first-order valence-electron chi connectivity index (χ1n) is 5.75. The summed E-state index contributed by atoms with van der Waals surface area (Å²) in [5.41, 5.74) is 2.11. The standard InChI is InChI=1S/C14H14BrClN2/c1-10(14-4-2-3-7-17-14)18-9-11-8-12(15)5-6-13(11)16/h2-8,10,18H,9H2,1H3/t10-/m1/s1. The molecule has 0 fully saturated rings. The Labute approximate surface area is 121 Å². The molecule has 2 aromatic rings. The van der Waals surface area contributed by atoms with E-state index in [1.807, 2.05) is 36.4 Å². The SMILES string of the molecule is C[C@@H](NCc1cc(Br)ccc1Cl)c1ccccn1. The fourth-order valence-corrected chi connectivity index (χ4v) is 2.27. The second kappa shape index (κ2) is 6.32. The summed E-state index contributed by atoms with van der Waals surface area (Å²) in [6.45, 7) is 2.81. The molecule has 4 heteroatoms. The van der Waals surface area contributed by atoms with Gasteiger partial charge in [0.1, 0.15) is 0 Å². The molecule has 1 heterocycles. The van der Waals surface area contributed by atoms with Crippen LogP contribution in [0.5, 0.6) is 0 Å². The predicted octanol–water partition coefficient (Wildman–Crippen LogP) is 4.35. The maximum atomic E-state index is 6.15. The van der Waals surface area contributed by atoms with Crippen molar-refractivity contribution in [2.24, 2.45) is 0 Å². The molecule has 0 aliphatic rings. The largest absolute Gasteiger partial charge is 0.305 e. The van der Waals surface area contributed by atoms with Crippen LogP contribution in [0.4, 0.5) is 0 Å². The van der Waals surface area contributed by atoms with Crippen LogP contribution in [0.2, 0.25) is 5.02 Å². The summed E-state index contributed by atoms with van der Waals surface area (Å²) in [5.74, 6) is 0. The van der Waals surface area contributed by atoms with Crippen molar-refractivity contribution >= 4 is 27.5 Å². The van der Waals surface area contributed by atoms with E-state index in [4.69, 9.17) is 11.6 Å². The molecule has 1 aromatic heterocycles. The maximum Gasteiger partial charge on any atom is 0.0570 e. The molecule has 1 N–H and O–H groups in total. The van der Waals surface area contributed by atoms with Gasteiger partial charge in [-0.25, -0.2) is 0 Å². The minimum absolute atomic E-state index is 0.196. The molecule has 0 aliphatic heterocycles. The van der Waals surface area contributed by atoms with Gasteiger partial charge in [-0.15, -0.1) is 0 Å². The van der Waals surface area contributed by atoms with Crippen LogP contribution >= 0.6 is 27.5 Å². The summed E-state index contributed by atoms with van der Waals surface area (Å²) in [6.07, 6.45) is 1.81. The van der Waals surface area contributed by atoms with Gasteiger partial charge in [-0.3, -0.25) is 4.98 Å². The minimum Gasteiger partial charge on any atom is -0.305 e. The van der Waals surface area contributed by atoms with Crippen molar-refractivity contribution in [3.63, 3.8) is 0 Å². The Bertz CT molecular complexity index is 516. The van der Waals surface area contributed by atoms with Gasteiger partial charge >= 0.3 is 0 Å². The van der Waals surface area contributed by atoms with E-state index in [0.29, 0.717) is 0 Å². The summed E-state index contributed by atoms with van der Waals surface area (Å²) in [4.78, 5) is 4.33. The van der Waals surface area contributed by atoms with Crippen molar-refractivity contribution in [3.8, 4) is 0 Å². The highest BCUT2D eigenvalue weighted by Crippen LogP contribution is 2.21. The molecule has 1 atom stereocenters. The van der Waals surface area contributed by atoms with Gasteiger partial charge in [0.05, 0.1) is 5.69 Å². The lowest BCUT2D eigenvalue weighted by molar-refractivity contribution is 0.561. The van der Waals surface area contributed by atoms with Crippen molar-refractivity contribution in [1.82, 2.24) is 10.3 Å². The molecule has 18 heavy (non-hydrogen) atoms. The Morgan fingerprint density at radius 1 is 1.33 bits per heavy atom. The zero-order valence-corrected chi connectivity index (χ0v) is 12.4. The molecule has 0 saturated heterocycles. The van der Waals surface area contributed by atoms with Crippen LogP contribution in [0.1, 0.15) is 24.2 Å². The third kappa shape index (κ3) is 3.55. The van der Waals surface area contributed by atoms with Crippen LogP contribution in [-0.2, 0) is 6.54 Å². The molecule has 0 saturated carbocycles. The smallest absolute Gasteiger partial charge is 0.0570 e. The monoisotopic (exact) mass is 324 g/mol. The summed E-state index contributed by atoms with van der Waals surface area (Å²) in [5, 5.41) is 4.19. The average Bonchev–Trinajstić information content (AvgIpc) is 2.40. The van der Waals surface area contributed by atoms with E-state index in [-0.39, 0.29) is 6.04 Å². The Hall–Kier alpha value is -0.900. The summed E-state index contributed by atoms with van der Waals surface area (Å²) >= 11 is 9.60. The number of aromatic nitrogens is 1. The Balaban J connectivity index is 2.01. The Morgan fingerprint density at radius 2 is 2.17 bits per heavy atom. The first-order chi connectivity index (χ1) is 8.66. The fourth-order valence-electron chi connectivity index (χ4n) is 1.68. The van der Waals surface area contributed by atoms with E-state index in [9.17, 15) is 0 Å². The highest BCUT2D eigenvalue weighted by molar-refractivity contribution is 9.10. The second-order valence-electron chi connectivity index (χ2n) is 4.09. The lowest BCUT2D eigenvalue weighted by Gasteiger charge is -2.14. The normalized spacial score (nSPS) is 12.4. The van der Waals surface area contributed by atoms with Crippen LogP contribution in [-0.4, -0.2) is 4.98 Å². The molecule has 94 valence electrons. The molecule has 0 aliphatic carbocycles. The molecule has 2 rings (SSSR count). The minimum atomic E-state index is 0.196. The Morgan fingerprint density at radius 3 is 2.89 bits per heavy atom. The number of halogens is 2. The second-order valence-corrected chi connectivity index (χ2v) is 5.42. The molecule has 0 radical (unpaired) electrons. The van der Waals surface area contributed by atoms with Crippen LogP contribution in [0.15, 0.2) is 47.1 Å². The van der Waals surface area contributed by atoms with Crippen LogP contribution in [0.3, 0.4) is 0 Å². The van der Waals surface area contributed by atoms with Gasteiger partial charge in [0.2, 0.25) is 0 Å².